The Balaban J connectivity index is 1.03. The molecule has 0 atom stereocenters. The average Bonchev–Trinajstić information content (AvgIpc) is 4.03. The van der Waals surface area contributed by atoms with Gasteiger partial charge in [-0.1, -0.05) is 188 Å². The van der Waals surface area contributed by atoms with Gasteiger partial charge in [-0.25, -0.2) is 0 Å². The van der Waals surface area contributed by atoms with Crippen LogP contribution < -0.4 is 20.7 Å². The summed E-state index contributed by atoms with van der Waals surface area (Å²) in [6, 6.07) is 89.2. The maximum absolute atomic E-state index is 6.35. The molecule has 13 aromatic rings. The van der Waals surface area contributed by atoms with E-state index in [4.69, 9.17) is 4.42 Å². The first-order valence-corrected chi connectivity index (χ1v) is 24.0. The Bertz CT molecular complexity index is 3790. The van der Waals surface area contributed by atoms with E-state index in [0.29, 0.717) is 0 Å². The van der Waals surface area contributed by atoms with Gasteiger partial charge >= 0.3 is 0 Å². The van der Waals surface area contributed by atoms with Crippen molar-refractivity contribution in [2.24, 2.45) is 0 Å². The molecular formula is C60H40N2OSi. The van der Waals surface area contributed by atoms with Crippen LogP contribution in [0.4, 0.5) is 0 Å². The molecule has 300 valence electrons. The number of para-hydroxylation sites is 3. The van der Waals surface area contributed by atoms with Crippen LogP contribution >= 0.6 is 0 Å². The third-order valence-electron chi connectivity index (χ3n) is 13.5. The van der Waals surface area contributed by atoms with Crippen molar-refractivity contribution in [3.8, 4) is 22.5 Å². The van der Waals surface area contributed by atoms with Crippen LogP contribution in [0.15, 0.2) is 247 Å². The fraction of sp³-hybridized carbons (Fsp3) is 0. The van der Waals surface area contributed by atoms with Crippen LogP contribution in [0.5, 0.6) is 0 Å². The van der Waals surface area contributed by atoms with E-state index in [1.165, 1.54) is 69.9 Å². The van der Waals surface area contributed by atoms with E-state index >= 15 is 0 Å². The topological polar surface area (TPSA) is 23.0 Å². The van der Waals surface area contributed by atoms with Gasteiger partial charge in [-0.2, -0.15) is 0 Å². The standard InChI is InChI=1S/C60H40N2OSi/c1-4-18-43(19-5-1)64(44-20-6-2-7-21-44,45-22-8-3-9-23-45)46-37-35-42(36-38-46)61-53-29-14-11-25-50(53)60-54(61)30-17-31-55(60)62-52-28-13-10-24-48(52)49-39-34-41(40-56(49)62)47-27-16-33-58-59(47)51-26-12-15-32-57(51)63-58/h1-40H. The summed E-state index contributed by atoms with van der Waals surface area (Å²) in [5.41, 5.74) is 11.1. The van der Waals surface area contributed by atoms with Gasteiger partial charge in [0.2, 0.25) is 0 Å². The molecule has 0 aliphatic heterocycles. The lowest BCUT2D eigenvalue weighted by molar-refractivity contribution is 0.669. The second kappa shape index (κ2) is 14.5. The second-order valence-electron chi connectivity index (χ2n) is 16.8. The van der Waals surface area contributed by atoms with Gasteiger partial charge in [0.05, 0.1) is 27.8 Å². The minimum Gasteiger partial charge on any atom is -0.456 e. The Morgan fingerprint density at radius 1 is 0.312 bits per heavy atom. The lowest BCUT2D eigenvalue weighted by Crippen LogP contribution is -2.74. The minimum atomic E-state index is -2.68. The first kappa shape index (κ1) is 36.5. The maximum atomic E-state index is 6.35. The molecule has 0 unspecified atom stereocenters. The summed E-state index contributed by atoms with van der Waals surface area (Å²) in [5.74, 6) is 0. The van der Waals surface area contributed by atoms with Crippen molar-refractivity contribution in [3.63, 3.8) is 0 Å². The van der Waals surface area contributed by atoms with Crippen molar-refractivity contribution in [2.75, 3.05) is 0 Å². The molecule has 0 saturated heterocycles. The van der Waals surface area contributed by atoms with Gasteiger partial charge in [-0.05, 0) is 86.5 Å². The molecule has 0 aliphatic rings. The van der Waals surface area contributed by atoms with Gasteiger partial charge in [0.1, 0.15) is 11.2 Å². The molecule has 0 N–H and O–H groups in total. The molecule has 3 heterocycles. The third-order valence-corrected chi connectivity index (χ3v) is 18.3. The molecule has 64 heavy (non-hydrogen) atoms. The fourth-order valence-electron chi connectivity index (χ4n) is 10.8. The van der Waals surface area contributed by atoms with Crippen molar-refractivity contribution in [1.82, 2.24) is 9.13 Å². The molecule has 13 rings (SSSR count). The van der Waals surface area contributed by atoms with Crippen molar-refractivity contribution in [1.29, 1.82) is 0 Å². The molecule has 0 fully saturated rings. The predicted octanol–water partition coefficient (Wildman–Crippen LogP) is 12.8. The smallest absolute Gasteiger partial charge is 0.179 e. The van der Waals surface area contributed by atoms with Crippen LogP contribution in [0.3, 0.4) is 0 Å². The van der Waals surface area contributed by atoms with Crippen LogP contribution in [-0.2, 0) is 0 Å². The van der Waals surface area contributed by atoms with Gasteiger partial charge in [0, 0.05) is 38.0 Å². The molecule has 3 nitrogen and oxygen atoms in total. The Hall–Kier alpha value is -8.18. The fourth-order valence-corrected chi connectivity index (χ4v) is 15.5. The summed E-state index contributed by atoms with van der Waals surface area (Å²) < 4.78 is 11.3. The highest BCUT2D eigenvalue weighted by Gasteiger charge is 2.41. The van der Waals surface area contributed by atoms with E-state index < -0.39 is 8.07 Å². The molecule has 4 heteroatoms. The number of hydrogen-bond donors (Lipinski definition) is 0. The number of aromatic nitrogens is 2. The summed E-state index contributed by atoms with van der Waals surface area (Å²) in [6.07, 6.45) is 0. The zero-order chi connectivity index (χ0) is 42.2. The Morgan fingerprint density at radius 2 is 0.828 bits per heavy atom. The summed E-state index contributed by atoms with van der Waals surface area (Å²) in [4.78, 5) is 0. The normalized spacial score (nSPS) is 12.1. The van der Waals surface area contributed by atoms with Crippen LogP contribution in [0.1, 0.15) is 0 Å². The molecule has 0 bridgehead atoms. The zero-order valence-electron chi connectivity index (χ0n) is 34.9. The first-order chi connectivity index (χ1) is 31.8. The van der Waals surface area contributed by atoms with Crippen LogP contribution in [0.2, 0.25) is 0 Å². The number of fused-ring (bicyclic) bond motifs is 9. The van der Waals surface area contributed by atoms with E-state index in [9.17, 15) is 0 Å². The number of rotatable bonds is 7. The first-order valence-electron chi connectivity index (χ1n) is 22.0. The minimum absolute atomic E-state index is 0.901. The van der Waals surface area contributed by atoms with Gasteiger partial charge in [-0.3, -0.25) is 0 Å². The second-order valence-corrected chi connectivity index (χ2v) is 20.6. The van der Waals surface area contributed by atoms with E-state index in [2.05, 4.69) is 246 Å². The van der Waals surface area contributed by atoms with Crippen LogP contribution in [-0.4, -0.2) is 17.2 Å². The number of nitrogens with zero attached hydrogens (tertiary/aromatic N) is 2. The van der Waals surface area contributed by atoms with Crippen molar-refractivity contribution in [3.05, 3.63) is 243 Å². The SMILES string of the molecule is c1ccc([Si](c2ccccc2)(c2ccccc2)c2ccc(-n3c4ccccc4c4c(-n5c6ccccc6c6ccc(-c7cccc8oc9ccccc9c78)cc65)cccc43)cc2)cc1. The molecule has 0 amide bonds. The molecule has 0 aliphatic carbocycles. The lowest BCUT2D eigenvalue weighted by atomic mass is 9.98. The monoisotopic (exact) mass is 832 g/mol. The van der Waals surface area contributed by atoms with Gasteiger partial charge in [0.25, 0.3) is 0 Å². The molecule has 0 radical (unpaired) electrons. The Morgan fingerprint density at radius 3 is 1.52 bits per heavy atom. The van der Waals surface area contributed by atoms with Crippen LogP contribution in [0.25, 0.3) is 88.1 Å². The Kier molecular flexibility index (Phi) is 8.23. The summed E-state index contributed by atoms with van der Waals surface area (Å²) in [5, 5.41) is 12.6. The highest BCUT2D eigenvalue weighted by atomic mass is 28.3. The summed E-state index contributed by atoms with van der Waals surface area (Å²) in [6.45, 7) is 0. The van der Waals surface area contributed by atoms with Crippen LogP contribution in [0, 0.1) is 0 Å². The van der Waals surface area contributed by atoms with Crippen molar-refractivity contribution in [2.45, 2.75) is 0 Å². The highest BCUT2D eigenvalue weighted by Crippen LogP contribution is 2.42. The average molecular weight is 833 g/mol. The van der Waals surface area contributed by atoms with E-state index in [0.717, 1.165) is 38.9 Å². The zero-order valence-corrected chi connectivity index (χ0v) is 35.9. The molecule has 3 aromatic heterocycles. The van der Waals surface area contributed by atoms with E-state index in [1.807, 2.05) is 6.07 Å². The largest absolute Gasteiger partial charge is 0.456 e. The Labute approximate surface area is 371 Å². The highest BCUT2D eigenvalue weighted by molar-refractivity contribution is 7.19. The molecule has 0 saturated carbocycles. The number of furan rings is 1. The van der Waals surface area contributed by atoms with E-state index in [1.54, 1.807) is 0 Å². The third kappa shape index (κ3) is 5.33. The van der Waals surface area contributed by atoms with Gasteiger partial charge in [-0.15, -0.1) is 0 Å². The summed E-state index contributed by atoms with van der Waals surface area (Å²) in [7, 11) is -2.68. The van der Waals surface area contributed by atoms with Gasteiger partial charge in [0.15, 0.2) is 8.07 Å². The van der Waals surface area contributed by atoms with Gasteiger partial charge < -0.3 is 13.6 Å². The molecule has 0 spiro atoms. The lowest BCUT2D eigenvalue weighted by Gasteiger charge is -2.34. The maximum Gasteiger partial charge on any atom is 0.179 e. The molecular weight excluding hydrogens is 793 g/mol. The van der Waals surface area contributed by atoms with Crippen molar-refractivity contribution < 1.29 is 4.42 Å². The van der Waals surface area contributed by atoms with Crippen molar-refractivity contribution >= 4 is 94.4 Å². The molecule has 10 aromatic carbocycles. The number of benzene rings is 10. The summed E-state index contributed by atoms with van der Waals surface area (Å²) >= 11 is 0. The van der Waals surface area contributed by atoms with E-state index in [-0.39, 0.29) is 0 Å². The number of hydrogen-bond acceptors (Lipinski definition) is 1. The quantitative estimate of drug-likeness (QED) is 0.116. The predicted molar refractivity (Wildman–Crippen MR) is 271 cm³/mol.